The second kappa shape index (κ2) is 11.9. The highest BCUT2D eigenvalue weighted by Gasteiger charge is 2.39. The van der Waals surface area contributed by atoms with E-state index in [0.29, 0.717) is 40.3 Å². The molecule has 36 heavy (non-hydrogen) atoms. The van der Waals surface area contributed by atoms with Crippen molar-refractivity contribution in [2.75, 3.05) is 11.9 Å². The van der Waals surface area contributed by atoms with Crippen molar-refractivity contribution in [3.63, 3.8) is 0 Å². The highest BCUT2D eigenvalue weighted by atomic mass is 35.5. The standard InChI is InChI=1S/C27H24ClN3O4S/c1-2-35-26(34)19-8-12-22(13-9-19)30-27-31(17-18-6-4-3-5-7-18)25(33)23(36-27)16-24(32)29-21-14-10-20(28)11-15-21/h3-15,23H,2,16-17H2,1H3,(H,29,32). The van der Waals surface area contributed by atoms with Crippen LogP contribution in [-0.4, -0.2) is 39.7 Å². The Morgan fingerprint density at radius 2 is 1.72 bits per heavy atom. The van der Waals surface area contributed by atoms with Crippen molar-refractivity contribution in [3.8, 4) is 0 Å². The number of thioether (sulfide) groups is 1. The first-order valence-corrected chi connectivity index (χ1v) is 12.6. The Morgan fingerprint density at radius 3 is 2.39 bits per heavy atom. The number of benzene rings is 3. The summed E-state index contributed by atoms with van der Waals surface area (Å²) in [4.78, 5) is 44.2. The SMILES string of the molecule is CCOC(=O)c1ccc(N=C2SC(CC(=O)Nc3ccc(Cl)cc3)C(=O)N2Cc2ccccc2)cc1. The molecule has 0 bridgehead atoms. The van der Waals surface area contributed by atoms with E-state index in [9.17, 15) is 14.4 Å². The number of hydrogen-bond donors (Lipinski definition) is 1. The molecular weight excluding hydrogens is 498 g/mol. The van der Waals surface area contributed by atoms with Gasteiger partial charge in [-0.1, -0.05) is 53.7 Å². The molecule has 1 aliphatic heterocycles. The molecule has 1 aliphatic rings. The molecule has 1 N–H and O–H groups in total. The zero-order valence-electron chi connectivity index (χ0n) is 19.5. The quantitative estimate of drug-likeness (QED) is 0.385. The first-order valence-electron chi connectivity index (χ1n) is 11.4. The number of halogens is 1. The Morgan fingerprint density at radius 1 is 1.03 bits per heavy atom. The van der Waals surface area contributed by atoms with Crippen molar-refractivity contribution in [2.45, 2.75) is 25.1 Å². The molecule has 2 amide bonds. The molecule has 4 rings (SSSR count). The van der Waals surface area contributed by atoms with E-state index < -0.39 is 11.2 Å². The van der Waals surface area contributed by atoms with Crippen LogP contribution in [-0.2, 0) is 20.9 Å². The molecular formula is C27H24ClN3O4S. The fourth-order valence-electron chi connectivity index (χ4n) is 3.55. The van der Waals surface area contributed by atoms with Crippen LogP contribution in [0.5, 0.6) is 0 Å². The minimum atomic E-state index is -0.612. The van der Waals surface area contributed by atoms with Gasteiger partial charge in [0, 0.05) is 17.1 Å². The summed E-state index contributed by atoms with van der Waals surface area (Å²) in [6, 6.07) is 23.1. The van der Waals surface area contributed by atoms with Gasteiger partial charge < -0.3 is 10.1 Å². The summed E-state index contributed by atoms with van der Waals surface area (Å²) in [5, 5.41) is 3.26. The zero-order chi connectivity index (χ0) is 25.5. The topological polar surface area (TPSA) is 88.1 Å². The molecule has 0 aromatic heterocycles. The number of hydrogen-bond acceptors (Lipinski definition) is 6. The maximum atomic E-state index is 13.3. The number of anilines is 1. The molecule has 9 heteroatoms. The predicted molar refractivity (Wildman–Crippen MR) is 143 cm³/mol. The second-order valence-electron chi connectivity index (χ2n) is 7.94. The molecule has 1 unspecified atom stereocenters. The van der Waals surface area contributed by atoms with Gasteiger partial charge in [0.1, 0.15) is 5.25 Å². The van der Waals surface area contributed by atoms with Gasteiger partial charge in [-0.25, -0.2) is 9.79 Å². The van der Waals surface area contributed by atoms with E-state index in [0.717, 1.165) is 5.56 Å². The predicted octanol–water partition coefficient (Wildman–Crippen LogP) is 5.68. The van der Waals surface area contributed by atoms with E-state index in [2.05, 4.69) is 10.3 Å². The number of carbonyl (C=O) groups is 3. The molecule has 0 aliphatic carbocycles. The fourth-order valence-corrected chi connectivity index (χ4v) is 4.83. The smallest absolute Gasteiger partial charge is 0.338 e. The molecule has 0 radical (unpaired) electrons. The zero-order valence-corrected chi connectivity index (χ0v) is 21.1. The average Bonchev–Trinajstić information content (AvgIpc) is 3.15. The van der Waals surface area contributed by atoms with Gasteiger partial charge in [-0.05, 0) is 61.0 Å². The largest absolute Gasteiger partial charge is 0.462 e. The number of amides is 2. The molecule has 1 atom stereocenters. The van der Waals surface area contributed by atoms with Gasteiger partial charge in [0.05, 0.1) is 24.4 Å². The van der Waals surface area contributed by atoms with Gasteiger partial charge in [0.25, 0.3) is 0 Å². The molecule has 0 spiro atoms. The van der Waals surface area contributed by atoms with Crippen LogP contribution >= 0.6 is 23.4 Å². The van der Waals surface area contributed by atoms with Crippen LogP contribution in [0.2, 0.25) is 5.02 Å². The number of amidine groups is 1. The van der Waals surface area contributed by atoms with Crippen molar-refractivity contribution in [1.29, 1.82) is 0 Å². The number of rotatable bonds is 8. The number of nitrogens with zero attached hydrogens (tertiary/aromatic N) is 2. The molecule has 1 saturated heterocycles. The molecule has 1 fully saturated rings. The summed E-state index contributed by atoms with van der Waals surface area (Å²) in [7, 11) is 0. The summed E-state index contributed by atoms with van der Waals surface area (Å²) in [6.45, 7) is 2.38. The van der Waals surface area contributed by atoms with Crippen LogP contribution in [0.4, 0.5) is 11.4 Å². The Labute approximate surface area is 218 Å². The van der Waals surface area contributed by atoms with E-state index in [-0.39, 0.29) is 18.2 Å². The second-order valence-corrected chi connectivity index (χ2v) is 9.54. The van der Waals surface area contributed by atoms with Gasteiger partial charge in [0.15, 0.2) is 5.17 Å². The van der Waals surface area contributed by atoms with E-state index in [4.69, 9.17) is 16.3 Å². The van der Waals surface area contributed by atoms with Crippen LogP contribution < -0.4 is 5.32 Å². The van der Waals surface area contributed by atoms with Crippen molar-refractivity contribution >= 4 is 57.7 Å². The third-order valence-corrected chi connectivity index (χ3v) is 6.73. The van der Waals surface area contributed by atoms with Gasteiger partial charge in [-0.2, -0.15) is 0 Å². The van der Waals surface area contributed by atoms with Gasteiger partial charge in [-0.15, -0.1) is 0 Å². The van der Waals surface area contributed by atoms with Crippen molar-refractivity contribution < 1.29 is 19.1 Å². The van der Waals surface area contributed by atoms with Crippen molar-refractivity contribution in [2.24, 2.45) is 4.99 Å². The normalized spacial score (nSPS) is 16.3. The number of nitrogens with one attached hydrogen (secondary N) is 1. The maximum Gasteiger partial charge on any atom is 0.338 e. The summed E-state index contributed by atoms with van der Waals surface area (Å²) in [6.07, 6.45) is -0.00175. The minimum absolute atomic E-state index is 0.00175. The van der Waals surface area contributed by atoms with Crippen LogP contribution in [0.3, 0.4) is 0 Å². The molecule has 0 saturated carbocycles. The van der Waals surface area contributed by atoms with Crippen LogP contribution in [0.1, 0.15) is 29.3 Å². The summed E-state index contributed by atoms with van der Waals surface area (Å²) >= 11 is 7.16. The highest BCUT2D eigenvalue weighted by molar-refractivity contribution is 8.15. The van der Waals surface area contributed by atoms with E-state index in [1.807, 2.05) is 30.3 Å². The van der Waals surface area contributed by atoms with Crippen LogP contribution in [0.25, 0.3) is 0 Å². The van der Waals surface area contributed by atoms with Crippen LogP contribution in [0, 0.1) is 0 Å². The minimum Gasteiger partial charge on any atom is -0.462 e. The lowest BCUT2D eigenvalue weighted by Gasteiger charge is -2.16. The summed E-state index contributed by atoms with van der Waals surface area (Å²) in [5.74, 6) is -0.862. The molecule has 184 valence electrons. The lowest BCUT2D eigenvalue weighted by molar-refractivity contribution is -0.128. The molecule has 3 aromatic carbocycles. The van der Waals surface area contributed by atoms with E-state index in [1.165, 1.54) is 11.8 Å². The van der Waals surface area contributed by atoms with E-state index in [1.54, 1.807) is 60.4 Å². The maximum absolute atomic E-state index is 13.3. The Balaban J connectivity index is 1.53. The monoisotopic (exact) mass is 521 g/mol. The lowest BCUT2D eigenvalue weighted by Crippen LogP contribution is -2.33. The molecule has 7 nitrogen and oxygen atoms in total. The van der Waals surface area contributed by atoms with Gasteiger partial charge >= 0.3 is 5.97 Å². The van der Waals surface area contributed by atoms with Crippen molar-refractivity contribution in [3.05, 3.63) is 95.0 Å². The average molecular weight is 522 g/mol. The fraction of sp³-hybridized carbons (Fsp3) is 0.185. The third-order valence-electron chi connectivity index (χ3n) is 5.31. The summed E-state index contributed by atoms with van der Waals surface area (Å²) in [5.41, 5.74) is 2.57. The first-order chi connectivity index (χ1) is 17.4. The number of esters is 1. The summed E-state index contributed by atoms with van der Waals surface area (Å²) < 4.78 is 5.02. The van der Waals surface area contributed by atoms with Crippen molar-refractivity contribution in [1.82, 2.24) is 4.90 Å². The molecule has 3 aromatic rings. The first kappa shape index (κ1) is 25.5. The highest BCUT2D eigenvalue weighted by Crippen LogP contribution is 2.33. The van der Waals surface area contributed by atoms with Gasteiger partial charge in [0.2, 0.25) is 11.8 Å². The Hall–Kier alpha value is -3.62. The number of aliphatic imine (C=N–C) groups is 1. The Bertz CT molecular complexity index is 1260. The van der Waals surface area contributed by atoms with Crippen LogP contribution in [0.15, 0.2) is 83.9 Å². The number of ether oxygens (including phenoxy) is 1. The third kappa shape index (κ3) is 6.53. The number of carbonyl (C=O) groups excluding carboxylic acids is 3. The Kier molecular flexibility index (Phi) is 8.40. The van der Waals surface area contributed by atoms with E-state index >= 15 is 0 Å². The molecule has 1 heterocycles. The van der Waals surface area contributed by atoms with Gasteiger partial charge in [-0.3, -0.25) is 14.5 Å². The lowest BCUT2D eigenvalue weighted by atomic mass is 10.2.